The summed E-state index contributed by atoms with van der Waals surface area (Å²) in [5.74, 6) is 1.50. The average molecular weight is 391 g/mol. The molecule has 0 fully saturated rings. The lowest BCUT2D eigenvalue weighted by molar-refractivity contribution is 0.139. The van der Waals surface area contributed by atoms with Crippen molar-refractivity contribution in [2.24, 2.45) is 0 Å². The number of hydrogen-bond acceptors (Lipinski definition) is 4. The standard InChI is InChI=1S/C24H25NO4/c1-2-27-23-14-7-6-12-21(23)16-25-24(26)29-18-20-11-8-13-22(15-20)28-17-19-9-4-3-5-10-19/h3-15H,2,16-18H2,1H3,(H,25,26). The van der Waals surface area contributed by atoms with E-state index >= 15 is 0 Å². The summed E-state index contributed by atoms with van der Waals surface area (Å²) >= 11 is 0. The fraction of sp³-hybridized carbons (Fsp3) is 0.208. The molecule has 3 aromatic carbocycles. The zero-order valence-electron chi connectivity index (χ0n) is 16.5. The molecule has 0 unspecified atom stereocenters. The maximum atomic E-state index is 12.0. The first-order chi connectivity index (χ1) is 14.2. The quantitative estimate of drug-likeness (QED) is 0.552. The summed E-state index contributed by atoms with van der Waals surface area (Å²) in [6.45, 7) is 3.50. The van der Waals surface area contributed by atoms with Crippen LogP contribution in [-0.4, -0.2) is 12.7 Å². The molecule has 3 rings (SSSR count). The Morgan fingerprint density at radius 3 is 2.41 bits per heavy atom. The third-order valence-corrected chi connectivity index (χ3v) is 4.21. The molecule has 5 heteroatoms. The number of nitrogens with one attached hydrogen (secondary N) is 1. The Bertz CT molecular complexity index is 912. The van der Waals surface area contributed by atoms with E-state index in [-0.39, 0.29) is 6.61 Å². The first-order valence-electron chi connectivity index (χ1n) is 9.61. The average Bonchev–Trinajstić information content (AvgIpc) is 2.77. The number of rotatable bonds is 9. The lowest BCUT2D eigenvalue weighted by Gasteiger charge is -2.12. The third kappa shape index (κ3) is 6.57. The van der Waals surface area contributed by atoms with Gasteiger partial charge in [0.25, 0.3) is 0 Å². The van der Waals surface area contributed by atoms with E-state index in [4.69, 9.17) is 14.2 Å². The molecule has 0 aromatic heterocycles. The molecule has 0 saturated heterocycles. The molecule has 0 heterocycles. The Kier molecular flexibility index (Phi) is 7.52. The minimum atomic E-state index is -0.480. The second-order valence-corrected chi connectivity index (χ2v) is 6.39. The van der Waals surface area contributed by atoms with Gasteiger partial charge in [0.1, 0.15) is 24.7 Å². The van der Waals surface area contributed by atoms with Crippen molar-refractivity contribution in [2.75, 3.05) is 6.61 Å². The molecule has 3 aromatic rings. The Morgan fingerprint density at radius 1 is 0.828 bits per heavy atom. The van der Waals surface area contributed by atoms with Gasteiger partial charge in [-0.15, -0.1) is 0 Å². The lowest BCUT2D eigenvalue weighted by atomic mass is 10.2. The Labute approximate surface area is 171 Å². The van der Waals surface area contributed by atoms with Crippen LogP contribution in [0.25, 0.3) is 0 Å². The van der Waals surface area contributed by atoms with Gasteiger partial charge in [0, 0.05) is 12.1 Å². The van der Waals surface area contributed by atoms with E-state index in [1.807, 2.05) is 85.8 Å². The second kappa shape index (κ2) is 10.8. The van der Waals surface area contributed by atoms with Crippen LogP contribution in [0, 0.1) is 0 Å². The molecule has 0 atom stereocenters. The number of hydrogen-bond donors (Lipinski definition) is 1. The van der Waals surface area contributed by atoms with Crippen LogP contribution in [0.3, 0.4) is 0 Å². The van der Waals surface area contributed by atoms with Crippen LogP contribution in [0.2, 0.25) is 0 Å². The van der Waals surface area contributed by atoms with Crippen molar-refractivity contribution in [3.8, 4) is 11.5 Å². The van der Waals surface area contributed by atoms with Gasteiger partial charge in [0.2, 0.25) is 0 Å². The van der Waals surface area contributed by atoms with E-state index < -0.39 is 6.09 Å². The first-order valence-corrected chi connectivity index (χ1v) is 9.61. The molecule has 0 saturated carbocycles. The van der Waals surface area contributed by atoms with Gasteiger partial charge in [-0.05, 0) is 36.2 Å². The zero-order chi connectivity index (χ0) is 20.3. The summed E-state index contributed by atoms with van der Waals surface area (Å²) < 4.78 is 16.7. The van der Waals surface area contributed by atoms with Crippen LogP contribution in [0.4, 0.5) is 4.79 Å². The molecule has 0 aliphatic rings. The number of carbonyl (C=O) groups excluding carboxylic acids is 1. The molecule has 0 aliphatic carbocycles. The first kappa shape index (κ1) is 20.3. The van der Waals surface area contributed by atoms with Crippen LogP contribution >= 0.6 is 0 Å². The Hall–Kier alpha value is -3.47. The van der Waals surface area contributed by atoms with Crippen molar-refractivity contribution in [3.05, 3.63) is 95.6 Å². The Morgan fingerprint density at radius 2 is 1.59 bits per heavy atom. The minimum Gasteiger partial charge on any atom is -0.494 e. The maximum absolute atomic E-state index is 12.0. The summed E-state index contributed by atoms with van der Waals surface area (Å²) in [5, 5.41) is 2.76. The largest absolute Gasteiger partial charge is 0.494 e. The summed E-state index contributed by atoms with van der Waals surface area (Å²) in [5.41, 5.74) is 2.86. The molecule has 5 nitrogen and oxygen atoms in total. The van der Waals surface area contributed by atoms with Crippen molar-refractivity contribution in [1.29, 1.82) is 0 Å². The van der Waals surface area contributed by atoms with E-state index in [9.17, 15) is 4.79 Å². The van der Waals surface area contributed by atoms with Gasteiger partial charge in [0.15, 0.2) is 0 Å². The fourth-order valence-corrected chi connectivity index (χ4v) is 2.78. The Balaban J connectivity index is 1.46. The minimum absolute atomic E-state index is 0.168. The van der Waals surface area contributed by atoms with Gasteiger partial charge < -0.3 is 19.5 Å². The van der Waals surface area contributed by atoms with Gasteiger partial charge in [-0.1, -0.05) is 60.7 Å². The lowest BCUT2D eigenvalue weighted by Crippen LogP contribution is -2.24. The van der Waals surface area contributed by atoms with Gasteiger partial charge >= 0.3 is 6.09 Å². The van der Waals surface area contributed by atoms with Crippen molar-refractivity contribution in [1.82, 2.24) is 5.32 Å². The van der Waals surface area contributed by atoms with Crippen LogP contribution in [-0.2, 0) is 24.5 Å². The second-order valence-electron chi connectivity index (χ2n) is 6.39. The van der Waals surface area contributed by atoms with Crippen molar-refractivity contribution >= 4 is 6.09 Å². The van der Waals surface area contributed by atoms with Gasteiger partial charge in [-0.25, -0.2) is 4.79 Å². The maximum Gasteiger partial charge on any atom is 0.407 e. The number of ether oxygens (including phenoxy) is 3. The number of amides is 1. The smallest absolute Gasteiger partial charge is 0.407 e. The number of alkyl carbamates (subject to hydrolysis) is 1. The van der Waals surface area contributed by atoms with Crippen molar-refractivity contribution in [2.45, 2.75) is 26.7 Å². The highest BCUT2D eigenvalue weighted by Gasteiger charge is 2.07. The van der Waals surface area contributed by atoms with Gasteiger partial charge in [0.05, 0.1) is 6.61 Å². The molecule has 0 bridgehead atoms. The predicted molar refractivity (Wildman–Crippen MR) is 112 cm³/mol. The van der Waals surface area contributed by atoms with E-state index in [2.05, 4.69) is 5.32 Å². The SMILES string of the molecule is CCOc1ccccc1CNC(=O)OCc1cccc(OCc2ccccc2)c1. The van der Waals surface area contributed by atoms with Crippen molar-refractivity contribution in [3.63, 3.8) is 0 Å². The van der Waals surface area contributed by atoms with E-state index in [1.54, 1.807) is 0 Å². The summed E-state index contributed by atoms with van der Waals surface area (Å²) in [4.78, 5) is 12.0. The van der Waals surface area contributed by atoms with Crippen LogP contribution in [0.1, 0.15) is 23.6 Å². The molecule has 1 amide bonds. The summed E-state index contributed by atoms with van der Waals surface area (Å²) in [6, 6.07) is 25.1. The van der Waals surface area contributed by atoms with Crippen LogP contribution in [0.15, 0.2) is 78.9 Å². The molecular formula is C24H25NO4. The highest BCUT2D eigenvalue weighted by molar-refractivity contribution is 5.67. The highest BCUT2D eigenvalue weighted by atomic mass is 16.5. The highest BCUT2D eigenvalue weighted by Crippen LogP contribution is 2.18. The van der Waals surface area contributed by atoms with Crippen LogP contribution in [0.5, 0.6) is 11.5 Å². The topological polar surface area (TPSA) is 56.8 Å². The van der Waals surface area contributed by atoms with Crippen molar-refractivity contribution < 1.29 is 19.0 Å². The van der Waals surface area contributed by atoms with Gasteiger partial charge in [-0.2, -0.15) is 0 Å². The molecule has 1 N–H and O–H groups in total. The third-order valence-electron chi connectivity index (χ3n) is 4.21. The number of benzene rings is 3. The van der Waals surface area contributed by atoms with E-state index in [0.717, 1.165) is 28.2 Å². The van der Waals surface area contributed by atoms with Gasteiger partial charge in [-0.3, -0.25) is 0 Å². The molecule has 150 valence electrons. The van der Waals surface area contributed by atoms with E-state index in [1.165, 1.54) is 0 Å². The summed E-state index contributed by atoms with van der Waals surface area (Å²) in [6.07, 6.45) is -0.480. The molecular weight excluding hydrogens is 366 g/mol. The molecule has 0 radical (unpaired) electrons. The van der Waals surface area contributed by atoms with E-state index in [0.29, 0.717) is 19.8 Å². The molecule has 0 spiro atoms. The zero-order valence-corrected chi connectivity index (χ0v) is 16.5. The summed E-state index contributed by atoms with van der Waals surface area (Å²) in [7, 11) is 0. The number of carbonyl (C=O) groups is 1. The normalized spacial score (nSPS) is 10.2. The fourth-order valence-electron chi connectivity index (χ4n) is 2.78. The van der Waals surface area contributed by atoms with Crippen LogP contribution < -0.4 is 14.8 Å². The molecule has 29 heavy (non-hydrogen) atoms. The predicted octanol–water partition coefficient (Wildman–Crippen LogP) is 5.09. The monoisotopic (exact) mass is 391 g/mol. The molecule has 0 aliphatic heterocycles. The number of para-hydroxylation sites is 1.